The van der Waals surface area contributed by atoms with Crippen molar-refractivity contribution in [2.24, 2.45) is 0 Å². The zero-order chi connectivity index (χ0) is 32.9. The summed E-state index contributed by atoms with van der Waals surface area (Å²) in [5.41, 5.74) is 10.8. The maximum absolute atomic E-state index is 5.12. The van der Waals surface area contributed by atoms with Gasteiger partial charge in [0, 0.05) is 16.7 Å². The summed E-state index contributed by atoms with van der Waals surface area (Å²) in [7, 11) is 0. The van der Waals surface area contributed by atoms with Gasteiger partial charge < -0.3 is 0 Å². The minimum absolute atomic E-state index is 0.111. The van der Waals surface area contributed by atoms with Gasteiger partial charge in [0.05, 0.1) is 0 Å². The number of aromatic nitrogens is 3. The third kappa shape index (κ3) is 5.50. The van der Waals surface area contributed by atoms with E-state index in [9.17, 15) is 0 Å². The van der Waals surface area contributed by atoms with Crippen molar-refractivity contribution in [1.82, 2.24) is 15.0 Å². The molecule has 6 aromatic carbocycles. The van der Waals surface area contributed by atoms with Crippen LogP contribution in [0.15, 0.2) is 140 Å². The molecule has 48 heavy (non-hydrogen) atoms. The molecule has 1 aromatic heterocycles. The van der Waals surface area contributed by atoms with Crippen molar-refractivity contribution in [2.45, 2.75) is 51.4 Å². The van der Waals surface area contributed by atoms with Crippen LogP contribution >= 0.6 is 0 Å². The van der Waals surface area contributed by atoms with Crippen LogP contribution in [-0.2, 0) is 10.8 Å². The SMILES string of the molecule is CC1(C)CCC(C)(C)c2cc(-c3cc(-c4nc(-c5ccccc5)nc(-c5ccccc5)n4)cc(-c4cccc5ccccc45)c3)ccc21. The van der Waals surface area contributed by atoms with Crippen molar-refractivity contribution in [1.29, 1.82) is 0 Å². The maximum Gasteiger partial charge on any atom is 0.164 e. The number of rotatable bonds is 5. The van der Waals surface area contributed by atoms with Crippen molar-refractivity contribution in [3.8, 4) is 56.4 Å². The first-order valence-corrected chi connectivity index (χ1v) is 16.9. The van der Waals surface area contributed by atoms with Crippen LogP contribution in [0.5, 0.6) is 0 Å². The molecule has 0 radical (unpaired) electrons. The molecule has 234 valence electrons. The van der Waals surface area contributed by atoms with Crippen LogP contribution in [0.3, 0.4) is 0 Å². The average Bonchev–Trinajstić information content (AvgIpc) is 3.13. The summed E-state index contributed by atoms with van der Waals surface area (Å²) >= 11 is 0. The Hall–Kier alpha value is -5.41. The molecule has 0 fully saturated rings. The molecule has 0 saturated heterocycles. The largest absolute Gasteiger partial charge is 0.208 e. The monoisotopic (exact) mass is 621 g/mol. The summed E-state index contributed by atoms with van der Waals surface area (Å²) in [6, 6.07) is 49.5. The summed E-state index contributed by atoms with van der Waals surface area (Å²) in [4.78, 5) is 15.2. The molecule has 3 nitrogen and oxygen atoms in total. The fourth-order valence-corrected chi connectivity index (χ4v) is 7.26. The van der Waals surface area contributed by atoms with Crippen molar-refractivity contribution in [2.75, 3.05) is 0 Å². The van der Waals surface area contributed by atoms with Gasteiger partial charge in [-0.15, -0.1) is 0 Å². The van der Waals surface area contributed by atoms with Gasteiger partial charge in [-0.3, -0.25) is 0 Å². The topological polar surface area (TPSA) is 38.7 Å². The molecule has 0 amide bonds. The van der Waals surface area contributed by atoms with Gasteiger partial charge in [-0.2, -0.15) is 0 Å². The van der Waals surface area contributed by atoms with Gasteiger partial charge in [-0.05, 0) is 86.0 Å². The maximum atomic E-state index is 5.12. The van der Waals surface area contributed by atoms with Crippen molar-refractivity contribution < 1.29 is 0 Å². The second-order valence-corrected chi connectivity index (χ2v) is 14.4. The van der Waals surface area contributed by atoms with Crippen molar-refractivity contribution >= 4 is 10.8 Å². The first kappa shape index (κ1) is 30.0. The van der Waals surface area contributed by atoms with Gasteiger partial charge in [0.1, 0.15) is 0 Å². The normalized spacial score (nSPS) is 14.8. The second kappa shape index (κ2) is 11.7. The smallest absolute Gasteiger partial charge is 0.164 e. The Kier molecular flexibility index (Phi) is 7.29. The lowest BCUT2D eigenvalue weighted by Gasteiger charge is -2.42. The molecule has 0 atom stereocenters. The van der Waals surface area contributed by atoms with Crippen LogP contribution in [0.4, 0.5) is 0 Å². The lowest BCUT2D eigenvalue weighted by molar-refractivity contribution is 0.332. The lowest BCUT2D eigenvalue weighted by atomic mass is 9.63. The van der Waals surface area contributed by atoms with E-state index in [1.54, 1.807) is 0 Å². The van der Waals surface area contributed by atoms with Gasteiger partial charge in [0.25, 0.3) is 0 Å². The molecule has 3 heteroatoms. The Bertz CT molecular complexity index is 2220. The Labute approximate surface area is 283 Å². The van der Waals surface area contributed by atoms with Crippen LogP contribution in [0, 0.1) is 0 Å². The molecule has 1 aliphatic carbocycles. The van der Waals surface area contributed by atoms with Gasteiger partial charge >= 0.3 is 0 Å². The van der Waals surface area contributed by atoms with E-state index in [1.165, 1.54) is 45.9 Å². The molecule has 0 unspecified atom stereocenters. The highest BCUT2D eigenvalue weighted by molar-refractivity contribution is 5.98. The third-order valence-electron chi connectivity index (χ3n) is 10.2. The summed E-state index contributed by atoms with van der Waals surface area (Å²) in [5, 5.41) is 2.44. The summed E-state index contributed by atoms with van der Waals surface area (Å²) in [5.74, 6) is 1.98. The fraction of sp³-hybridized carbons (Fsp3) is 0.178. The first-order chi connectivity index (χ1) is 23.2. The quantitative estimate of drug-likeness (QED) is 0.192. The predicted octanol–water partition coefficient (Wildman–Crippen LogP) is 11.7. The lowest BCUT2D eigenvalue weighted by Crippen LogP contribution is -2.33. The van der Waals surface area contributed by atoms with Crippen LogP contribution in [0.1, 0.15) is 51.7 Å². The van der Waals surface area contributed by atoms with Crippen molar-refractivity contribution in [3.63, 3.8) is 0 Å². The summed E-state index contributed by atoms with van der Waals surface area (Å²) in [6.07, 6.45) is 2.37. The average molecular weight is 622 g/mol. The molecule has 0 spiro atoms. The number of hydrogen-bond acceptors (Lipinski definition) is 3. The summed E-state index contributed by atoms with van der Waals surface area (Å²) in [6.45, 7) is 9.55. The molecular formula is C45H39N3. The molecule has 0 saturated carbocycles. The molecule has 0 aliphatic heterocycles. The van der Waals surface area contributed by atoms with E-state index in [4.69, 9.17) is 15.0 Å². The van der Waals surface area contributed by atoms with E-state index in [0.29, 0.717) is 17.5 Å². The van der Waals surface area contributed by atoms with Crippen LogP contribution in [-0.4, -0.2) is 15.0 Å². The minimum atomic E-state index is 0.111. The molecule has 1 aliphatic rings. The highest BCUT2D eigenvalue weighted by Gasteiger charge is 2.37. The van der Waals surface area contributed by atoms with E-state index >= 15 is 0 Å². The zero-order valence-corrected chi connectivity index (χ0v) is 28.0. The van der Waals surface area contributed by atoms with E-state index in [1.807, 2.05) is 36.4 Å². The highest BCUT2D eigenvalue weighted by Crippen LogP contribution is 2.47. The van der Waals surface area contributed by atoms with Gasteiger partial charge in [-0.1, -0.05) is 149 Å². The molecule has 0 bridgehead atoms. The molecular weight excluding hydrogens is 583 g/mol. The van der Waals surface area contributed by atoms with Gasteiger partial charge in [-0.25, -0.2) is 15.0 Å². The summed E-state index contributed by atoms with van der Waals surface area (Å²) < 4.78 is 0. The predicted molar refractivity (Wildman–Crippen MR) is 200 cm³/mol. The van der Waals surface area contributed by atoms with Crippen LogP contribution in [0.2, 0.25) is 0 Å². The molecule has 1 heterocycles. The van der Waals surface area contributed by atoms with Gasteiger partial charge in [0.15, 0.2) is 17.5 Å². The van der Waals surface area contributed by atoms with E-state index in [0.717, 1.165) is 27.8 Å². The minimum Gasteiger partial charge on any atom is -0.208 e. The number of fused-ring (bicyclic) bond motifs is 2. The zero-order valence-electron chi connectivity index (χ0n) is 28.0. The third-order valence-corrected chi connectivity index (χ3v) is 10.2. The van der Waals surface area contributed by atoms with E-state index in [-0.39, 0.29) is 10.8 Å². The standard InChI is InChI=1S/C45H39N3/c1-44(2)24-25-45(3,4)40-29-33(22-23-39(40)44)34-26-35(38-21-13-19-30-14-11-12-20-37(30)38)28-36(27-34)43-47-41(31-15-7-5-8-16-31)46-42(48-43)32-17-9-6-10-18-32/h5-23,26-29H,24-25H2,1-4H3. The Morgan fingerprint density at radius 1 is 0.396 bits per heavy atom. The van der Waals surface area contributed by atoms with Crippen LogP contribution < -0.4 is 0 Å². The fourth-order valence-electron chi connectivity index (χ4n) is 7.26. The molecule has 0 N–H and O–H groups in total. The number of nitrogens with zero attached hydrogens (tertiary/aromatic N) is 3. The second-order valence-electron chi connectivity index (χ2n) is 14.4. The Morgan fingerprint density at radius 2 is 0.917 bits per heavy atom. The van der Waals surface area contributed by atoms with E-state index < -0.39 is 0 Å². The number of hydrogen-bond donors (Lipinski definition) is 0. The number of benzene rings is 6. The molecule has 7 aromatic rings. The Morgan fingerprint density at radius 3 is 1.58 bits per heavy atom. The highest BCUT2D eigenvalue weighted by atomic mass is 15.0. The van der Waals surface area contributed by atoms with E-state index in [2.05, 4.69) is 131 Å². The first-order valence-electron chi connectivity index (χ1n) is 16.9. The molecule has 8 rings (SSSR count). The Balaban J connectivity index is 1.38. The van der Waals surface area contributed by atoms with Crippen molar-refractivity contribution in [3.05, 3.63) is 151 Å². The van der Waals surface area contributed by atoms with Crippen LogP contribution in [0.25, 0.3) is 67.2 Å². The van der Waals surface area contributed by atoms with Gasteiger partial charge in [0.2, 0.25) is 0 Å².